The molecule has 0 aliphatic carbocycles. The van der Waals surface area contributed by atoms with Gasteiger partial charge in [0.25, 0.3) is 0 Å². The zero-order chi connectivity index (χ0) is 17.1. The number of hydrogen-bond donors (Lipinski definition) is 1. The Kier molecular flexibility index (Phi) is 8.60. The van der Waals surface area contributed by atoms with E-state index >= 15 is 0 Å². The summed E-state index contributed by atoms with van der Waals surface area (Å²) < 4.78 is 5.75. The quantitative estimate of drug-likeness (QED) is 0.851. The Balaban J connectivity index is 0.00000169. The van der Waals surface area contributed by atoms with Gasteiger partial charge in [0.15, 0.2) is 0 Å². The van der Waals surface area contributed by atoms with Crippen molar-refractivity contribution in [2.75, 3.05) is 13.1 Å². The van der Waals surface area contributed by atoms with Crippen LogP contribution in [0.15, 0.2) is 34.7 Å². The molecule has 2 heterocycles. The maximum absolute atomic E-state index is 12.6. The smallest absolute Gasteiger partial charge is 0.228 e. The van der Waals surface area contributed by atoms with Gasteiger partial charge in [0.1, 0.15) is 5.76 Å². The number of benzene rings is 1. The van der Waals surface area contributed by atoms with Gasteiger partial charge < -0.3 is 15.1 Å². The Morgan fingerprint density at radius 1 is 1.35 bits per heavy atom. The first-order valence-corrected chi connectivity index (χ1v) is 8.59. The van der Waals surface area contributed by atoms with Gasteiger partial charge in [0.2, 0.25) is 11.8 Å². The summed E-state index contributed by atoms with van der Waals surface area (Å²) in [4.78, 5) is 19.1. The summed E-state index contributed by atoms with van der Waals surface area (Å²) in [5.41, 5.74) is 7.66. The molecular formula is C19H27Cl2N3O2. The number of aryl methyl sites for hydroxylation is 1. The van der Waals surface area contributed by atoms with Crippen LogP contribution in [0.5, 0.6) is 0 Å². The van der Waals surface area contributed by atoms with E-state index in [9.17, 15) is 4.79 Å². The summed E-state index contributed by atoms with van der Waals surface area (Å²) in [5, 5.41) is 0. The molecule has 0 spiro atoms. The Morgan fingerprint density at radius 3 is 2.69 bits per heavy atom. The van der Waals surface area contributed by atoms with Crippen LogP contribution in [-0.4, -0.2) is 34.9 Å². The van der Waals surface area contributed by atoms with E-state index in [-0.39, 0.29) is 43.2 Å². The number of oxazole rings is 1. The minimum absolute atomic E-state index is 0. The lowest BCUT2D eigenvalue weighted by Crippen LogP contribution is -2.45. The second-order valence-corrected chi connectivity index (χ2v) is 6.67. The molecule has 2 N–H and O–H groups in total. The Bertz CT molecular complexity index is 704. The number of piperidine rings is 1. The van der Waals surface area contributed by atoms with Gasteiger partial charge in [0.05, 0.1) is 12.1 Å². The second kappa shape index (κ2) is 9.95. The highest BCUT2D eigenvalue weighted by atomic mass is 35.5. The minimum atomic E-state index is 0. The second-order valence-electron chi connectivity index (χ2n) is 6.67. The van der Waals surface area contributed by atoms with Crippen LogP contribution in [0.25, 0.3) is 11.5 Å². The summed E-state index contributed by atoms with van der Waals surface area (Å²) >= 11 is 0. The van der Waals surface area contributed by atoms with Crippen molar-refractivity contribution in [3.8, 4) is 11.5 Å². The molecule has 144 valence electrons. The van der Waals surface area contributed by atoms with E-state index in [0.29, 0.717) is 17.6 Å². The lowest BCUT2D eigenvalue weighted by atomic mass is 9.92. The van der Waals surface area contributed by atoms with Gasteiger partial charge in [0, 0.05) is 24.7 Å². The van der Waals surface area contributed by atoms with Crippen molar-refractivity contribution in [2.24, 2.45) is 11.7 Å². The van der Waals surface area contributed by atoms with Crippen LogP contribution in [0.1, 0.15) is 31.2 Å². The van der Waals surface area contributed by atoms with Crippen molar-refractivity contribution >= 4 is 30.7 Å². The largest absolute Gasteiger partial charge is 0.441 e. The van der Waals surface area contributed by atoms with Crippen molar-refractivity contribution in [1.82, 2.24) is 9.88 Å². The highest BCUT2D eigenvalue weighted by Gasteiger charge is 2.27. The maximum atomic E-state index is 12.6. The maximum Gasteiger partial charge on any atom is 0.228 e. The number of likely N-dealkylation sites (tertiary alicyclic amines) is 1. The first-order chi connectivity index (χ1) is 11.5. The fourth-order valence-corrected chi connectivity index (χ4v) is 3.22. The molecule has 1 aromatic heterocycles. The van der Waals surface area contributed by atoms with Crippen molar-refractivity contribution < 1.29 is 9.21 Å². The Labute approximate surface area is 167 Å². The molecule has 1 aliphatic rings. The lowest BCUT2D eigenvalue weighted by Gasteiger charge is -2.34. The van der Waals surface area contributed by atoms with Gasteiger partial charge in [-0.2, -0.15) is 0 Å². The SMILES string of the molecule is Cc1oc(-c2ccccc2)nc1CC(=O)N1CCCC(C(C)N)C1.Cl.Cl. The lowest BCUT2D eigenvalue weighted by molar-refractivity contribution is -0.132. The highest BCUT2D eigenvalue weighted by molar-refractivity contribution is 5.85. The number of halogens is 2. The summed E-state index contributed by atoms with van der Waals surface area (Å²) in [5.74, 6) is 1.78. The zero-order valence-corrected chi connectivity index (χ0v) is 16.8. The Hall–Kier alpha value is -1.56. The summed E-state index contributed by atoms with van der Waals surface area (Å²) in [7, 11) is 0. The number of hydrogen-bond acceptors (Lipinski definition) is 4. The third-order valence-corrected chi connectivity index (χ3v) is 4.79. The van der Waals surface area contributed by atoms with Gasteiger partial charge >= 0.3 is 0 Å². The molecule has 0 saturated carbocycles. The van der Waals surface area contributed by atoms with Crippen LogP contribution in [0, 0.1) is 12.8 Å². The molecule has 1 amide bonds. The van der Waals surface area contributed by atoms with Gasteiger partial charge in [-0.25, -0.2) is 4.98 Å². The average molecular weight is 400 g/mol. The van der Waals surface area contributed by atoms with E-state index in [0.717, 1.165) is 37.2 Å². The number of rotatable bonds is 4. The van der Waals surface area contributed by atoms with Gasteiger partial charge in [-0.1, -0.05) is 18.2 Å². The molecule has 1 fully saturated rings. The number of carbonyl (C=O) groups excluding carboxylic acids is 1. The van der Waals surface area contributed by atoms with Crippen molar-refractivity contribution in [1.29, 1.82) is 0 Å². The van der Waals surface area contributed by atoms with E-state index in [2.05, 4.69) is 4.98 Å². The Morgan fingerprint density at radius 2 is 2.04 bits per heavy atom. The molecule has 0 radical (unpaired) electrons. The molecule has 0 bridgehead atoms. The van der Waals surface area contributed by atoms with Crippen molar-refractivity contribution in [3.63, 3.8) is 0 Å². The predicted molar refractivity (Wildman–Crippen MR) is 108 cm³/mol. The molecule has 2 unspecified atom stereocenters. The van der Waals surface area contributed by atoms with Gasteiger partial charge in [-0.3, -0.25) is 4.79 Å². The fraction of sp³-hybridized carbons (Fsp3) is 0.474. The number of nitrogens with zero attached hydrogens (tertiary/aromatic N) is 2. The summed E-state index contributed by atoms with van der Waals surface area (Å²) in [6.45, 7) is 5.44. The van der Waals surface area contributed by atoms with Gasteiger partial charge in [-0.05, 0) is 44.7 Å². The molecule has 2 atom stereocenters. The van der Waals surface area contributed by atoms with Crippen LogP contribution >= 0.6 is 24.8 Å². The molecule has 2 aromatic rings. The van der Waals surface area contributed by atoms with Crippen LogP contribution in [0.2, 0.25) is 0 Å². The van der Waals surface area contributed by atoms with Crippen LogP contribution in [0.3, 0.4) is 0 Å². The fourth-order valence-electron chi connectivity index (χ4n) is 3.22. The highest BCUT2D eigenvalue weighted by Crippen LogP contribution is 2.23. The minimum Gasteiger partial charge on any atom is -0.441 e. The molecular weight excluding hydrogens is 373 g/mol. The van der Waals surface area contributed by atoms with E-state index in [1.807, 2.05) is 49.1 Å². The van der Waals surface area contributed by atoms with E-state index < -0.39 is 0 Å². The monoisotopic (exact) mass is 399 g/mol. The topological polar surface area (TPSA) is 72.4 Å². The van der Waals surface area contributed by atoms with Crippen molar-refractivity contribution in [2.45, 2.75) is 39.2 Å². The number of amides is 1. The molecule has 1 aliphatic heterocycles. The molecule has 26 heavy (non-hydrogen) atoms. The molecule has 1 saturated heterocycles. The third-order valence-electron chi connectivity index (χ3n) is 4.79. The van der Waals surface area contributed by atoms with E-state index in [1.54, 1.807) is 0 Å². The zero-order valence-electron chi connectivity index (χ0n) is 15.2. The molecule has 7 heteroatoms. The van der Waals surface area contributed by atoms with Crippen LogP contribution < -0.4 is 5.73 Å². The standard InChI is InChI=1S/C19H25N3O2.2ClH/c1-13(20)16-9-6-10-22(12-16)18(23)11-17-14(2)24-19(21-17)15-7-4-3-5-8-15;;/h3-5,7-8,13,16H,6,9-12,20H2,1-2H3;2*1H. The van der Waals surface area contributed by atoms with Crippen molar-refractivity contribution in [3.05, 3.63) is 41.8 Å². The number of aromatic nitrogens is 1. The number of nitrogens with two attached hydrogens (primary N) is 1. The predicted octanol–water partition coefficient (Wildman–Crippen LogP) is 3.62. The summed E-state index contributed by atoms with van der Waals surface area (Å²) in [6, 6.07) is 9.88. The number of carbonyl (C=O) groups is 1. The molecule has 1 aromatic carbocycles. The van der Waals surface area contributed by atoms with E-state index in [4.69, 9.17) is 10.2 Å². The van der Waals surface area contributed by atoms with Crippen LogP contribution in [0.4, 0.5) is 0 Å². The van der Waals surface area contributed by atoms with Gasteiger partial charge in [-0.15, -0.1) is 24.8 Å². The normalized spacial score (nSPS) is 17.8. The van der Waals surface area contributed by atoms with Crippen LogP contribution in [-0.2, 0) is 11.2 Å². The average Bonchev–Trinajstić information content (AvgIpc) is 2.96. The molecule has 5 nitrogen and oxygen atoms in total. The molecule has 3 rings (SSSR count). The first-order valence-electron chi connectivity index (χ1n) is 8.59. The summed E-state index contributed by atoms with van der Waals surface area (Å²) in [6.07, 6.45) is 2.40. The van der Waals surface area contributed by atoms with E-state index in [1.165, 1.54) is 0 Å². The third kappa shape index (κ3) is 5.22. The first kappa shape index (κ1) is 22.5.